The molecule has 5 nitrogen and oxygen atoms in total. The first-order valence-electron chi connectivity index (χ1n) is 6.56. The lowest BCUT2D eigenvalue weighted by atomic mass is 10.1. The molecule has 1 N–H and O–H groups in total. The number of aromatic nitrogens is 2. The summed E-state index contributed by atoms with van der Waals surface area (Å²) in [6.45, 7) is 4.57. The average molecular weight is 313 g/mol. The Labute approximate surface area is 132 Å². The predicted octanol–water partition coefficient (Wildman–Crippen LogP) is 2.73. The molecule has 0 aliphatic heterocycles. The van der Waals surface area contributed by atoms with Crippen molar-refractivity contribution in [2.75, 3.05) is 12.9 Å². The topological polar surface area (TPSA) is 78.8 Å². The van der Waals surface area contributed by atoms with Crippen LogP contribution in [-0.4, -0.2) is 22.8 Å². The molecule has 0 unspecified atom stereocenters. The van der Waals surface area contributed by atoms with Gasteiger partial charge in [0.25, 0.3) is 5.56 Å². The van der Waals surface area contributed by atoms with E-state index < -0.39 is 5.56 Å². The molecule has 6 heteroatoms. The van der Waals surface area contributed by atoms with Crippen molar-refractivity contribution in [3.63, 3.8) is 0 Å². The summed E-state index contributed by atoms with van der Waals surface area (Å²) in [4.78, 5) is 18.8. The number of hydrogen-bond donors (Lipinski definition) is 1. The SMILES string of the molecule is C=CCOCc1ccc(-c2nc(SC)[nH]c(=O)c2C#N)cc1. The molecule has 1 aromatic carbocycles. The molecule has 22 heavy (non-hydrogen) atoms. The van der Waals surface area contributed by atoms with Crippen LogP contribution in [-0.2, 0) is 11.3 Å². The maximum Gasteiger partial charge on any atom is 0.270 e. The Kier molecular flexibility index (Phi) is 5.53. The number of rotatable bonds is 6. The van der Waals surface area contributed by atoms with Crippen LogP contribution in [0.25, 0.3) is 11.3 Å². The number of aromatic amines is 1. The summed E-state index contributed by atoms with van der Waals surface area (Å²) in [6.07, 6.45) is 3.51. The fourth-order valence-corrected chi connectivity index (χ4v) is 2.26. The van der Waals surface area contributed by atoms with Gasteiger partial charge < -0.3 is 9.72 Å². The summed E-state index contributed by atoms with van der Waals surface area (Å²) in [5.41, 5.74) is 1.72. The lowest BCUT2D eigenvalue weighted by molar-refractivity contribution is 0.149. The lowest BCUT2D eigenvalue weighted by Gasteiger charge is -2.07. The van der Waals surface area contributed by atoms with Crippen LogP contribution < -0.4 is 5.56 Å². The molecule has 0 bridgehead atoms. The number of nitrogens with zero attached hydrogens (tertiary/aromatic N) is 2. The van der Waals surface area contributed by atoms with Gasteiger partial charge in [0.15, 0.2) is 5.16 Å². The zero-order valence-corrected chi connectivity index (χ0v) is 12.9. The molecule has 2 rings (SSSR count). The van der Waals surface area contributed by atoms with Crippen molar-refractivity contribution in [3.05, 3.63) is 58.4 Å². The van der Waals surface area contributed by atoms with Gasteiger partial charge in [-0.25, -0.2) is 4.98 Å². The zero-order valence-electron chi connectivity index (χ0n) is 12.1. The summed E-state index contributed by atoms with van der Waals surface area (Å²) >= 11 is 1.32. The summed E-state index contributed by atoms with van der Waals surface area (Å²) in [5, 5.41) is 9.66. The Balaban J connectivity index is 2.35. The number of nitriles is 1. The van der Waals surface area contributed by atoms with E-state index in [9.17, 15) is 10.1 Å². The normalized spacial score (nSPS) is 10.2. The number of hydrogen-bond acceptors (Lipinski definition) is 5. The van der Waals surface area contributed by atoms with Crippen LogP contribution in [0, 0.1) is 11.3 Å². The zero-order chi connectivity index (χ0) is 15.9. The van der Waals surface area contributed by atoms with Crippen molar-refractivity contribution in [2.45, 2.75) is 11.8 Å². The van der Waals surface area contributed by atoms with Gasteiger partial charge in [0.05, 0.1) is 18.9 Å². The van der Waals surface area contributed by atoms with Crippen LogP contribution in [0.15, 0.2) is 46.9 Å². The Morgan fingerprint density at radius 3 is 2.77 bits per heavy atom. The van der Waals surface area contributed by atoms with E-state index in [0.29, 0.717) is 24.1 Å². The minimum atomic E-state index is -0.421. The summed E-state index contributed by atoms with van der Waals surface area (Å²) in [7, 11) is 0. The lowest BCUT2D eigenvalue weighted by Crippen LogP contribution is -2.14. The van der Waals surface area contributed by atoms with E-state index in [0.717, 1.165) is 11.1 Å². The van der Waals surface area contributed by atoms with Crippen LogP contribution in [0.3, 0.4) is 0 Å². The third-order valence-electron chi connectivity index (χ3n) is 2.93. The number of ether oxygens (including phenoxy) is 1. The van der Waals surface area contributed by atoms with Crippen LogP contribution in [0.1, 0.15) is 11.1 Å². The van der Waals surface area contributed by atoms with Gasteiger partial charge in [0, 0.05) is 5.56 Å². The first kappa shape index (κ1) is 16.0. The minimum absolute atomic E-state index is 0.0217. The quantitative estimate of drug-likeness (QED) is 0.384. The number of thioether (sulfide) groups is 1. The number of nitrogens with one attached hydrogen (secondary N) is 1. The van der Waals surface area contributed by atoms with Gasteiger partial charge in [-0.2, -0.15) is 5.26 Å². The highest BCUT2D eigenvalue weighted by Gasteiger charge is 2.12. The molecule has 2 aromatic rings. The Morgan fingerprint density at radius 2 is 2.18 bits per heavy atom. The van der Waals surface area contributed by atoms with Gasteiger partial charge in [-0.3, -0.25) is 4.79 Å². The van der Waals surface area contributed by atoms with Crippen molar-refractivity contribution in [3.8, 4) is 17.3 Å². The fourth-order valence-electron chi connectivity index (χ4n) is 1.88. The highest BCUT2D eigenvalue weighted by atomic mass is 32.2. The molecule has 0 aliphatic rings. The van der Waals surface area contributed by atoms with E-state index in [-0.39, 0.29) is 5.56 Å². The monoisotopic (exact) mass is 313 g/mol. The van der Waals surface area contributed by atoms with Crippen LogP contribution in [0.2, 0.25) is 0 Å². The second-order valence-electron chi connectivity index (χ2n) is 4.41. The number of benzene rings is 1. The molecule has 0 amide bonds. The molecule has 1 aromatic heterocycles. The van der Waals surface area contributed by atoms with Crippen LogP contribution >= 0.6 is 11.8 Å². The summed E-state index contributed by atoms with van der Waals surface area (Å²) < 4.78 is 5.37. The van der Waals surface area contributed by atoms with Gasteiger partial charge in [-0.05, 0) is 11.8 Å². The molecule has 0 saturated heterocycles. The van der Waals surface area contributed by atoms with E-state index in [1.54, 1.807) is 6.08 Å². The Hall–Kier alpha value is -2.36. The van der Waals surface area contributed by atoms with Crippen molar-refractivity contribution < 1.29 is 4.74 Å². The molecule has 0 atom stereocenters. The Bertz CT molecular complexity index is 760. The third-order valence-corrected chi connectivity index (χ3v) is 3.51. The maximum atomic E-state index is 11.9. The molecule has 1 heterocycles. The van der Waals surface area contributed by atoms with Crippen LogP contribution in [0.5, 0.6) is 0 Å². The van der Waals surface area contributed by atoms with Crippen molar-refractivity contribution in [1.29, 1.82) is 5.26 Å². The minimum Gasteiger partial charge on any atom is -0.373 e. The van der Waals surface area contributed by atoms with E-state index in [4.69, 9.17) is 4.74 Å². The summed E-state index contributed by atoms with van der Waals surface area (Å²) in [6, 6.07) is 9.36. The van der Waals surface area contributed by atoms with Crippen molar-refractivity contribution in [2.24, 2.45) is 0 Å². The van der Waals surface area contributed by atoms with E-state index in [2.05, 4.69) is 16.5 Å². The molecule has 0 spiro atoms. The smallest absolute Gasteiger partial charge is 0.270 e. The molecular weight excluding hydrogens is 298 g/mol. The molecular formula is C16H15N3O2S. The van der Waals surface area contributed by atoms with Gasteiger partial charge in [-0.1, -0.05) is 42.1 Å². The van der Waals surface area contributed by atoms with E-state index >= 15 is 0 Å². The molecule has 112 valence electrons. The second kappa shape index (κ2) is 7.59. The van der Waals surface area contributed by atoms with Gasteiger partial charge in [0.2, 0.25) is 0 Å². The van der Waals surface area contributed by atoms with Gasteiger partial charge in [-0.15, -0.1) is 6.58 Å². The largest absolute Gasteiger partial charge is 0.373 e. The van der Waals surface area contributed by atoms with E-state index in [1.165, 1.54) is 11.8 Å². The predicted molar refractivity (Wildman–Crippen MR) is 86.6 cm³/mol. The van der Waals surface area contributed by atoms with Crippen molar-refractivity contribution >= 4 is 11.8 Å². The van der Waals surface area contributed by atoms with Crippen LogP contribution in [0.4, 0.5) is 0 Å². The highest BCUT2D eigenvalue weighted by molar-refractivity contribution is 7.98. The molecule has 0 aliphatic carbocycles. The van der Waals surface area contributed by atoms with E-state index in [1.807, 2.05) is 36.6 Å². The number of H-pyrrole nitrogens is 1. The standard InChI is InChI=1S/C16H15N3O2S/c1-3-8-21-10-11-4-6-12(7-5-11)14-13(9-17)15(20)19-16(18-14)22-2/h3-7H,1,8,10H2,2H3,(H,18,19,20). The second-order valence-corrected chi connectivity index (χ2v) is 5.21. The van der Waals surface area contributed by atoms with Crippen molar-refractivity contribution in [1.82, 2.24) is 9.97 Å². The average Bonchev–Trinajstić information content (AvgIpc) is 2.55. The Morgan fingerprint density at radius 1 is 1.45 bits per heavy atom. The molecule has 0 fully saturated rings. The third kappa shape index (κ3) is 3.64. The summed E-state index contributed by atoms with van der Waals surface area (Å²) in [5.74, 6) is 0. The fraction of sp³-hybridized carbons (Fsp3) is 0.188. The maximum absolute atomic E-state index is 11.9. The van der Waals surface area contributed by atoms with Gasteiger partial charge >= 0.3 is 0 Å². The first-order valence-corrected chi connectivity index (χ1v) is 7.78. The van der Waals surface area contributed by atoms with Gasteiger partial charge in [0.1, 0.15) is 11.6 Å². The molecule has 0 radical (unpaired) electrons. The molecule has 0 saturated carbocycles. The first-order chi connectivity index (χ1) is 10.7. The highest BCUT2D eigenvalue weighted by Crippen LogP contribution is 2.21.